The SMILES string of the molecule is CC(C)[NH3+].N#CC1(P(=O)([O-])c2ccc(F)cc2)CC1. The molecule has 0 amide bonds. The molecule has 0 radical (unpaired) electrons. The maximum Gasteiger partial charge on any atom is 0.123 e. The number of benzene rings is 1. The summed E-state index contributed by atoms with van der Waals surface area (Å²) in [4.78, 5) is 11.9. The monoisotopic (exact) mass is 284 g/mol. The van der Waals surface area contributed by atoms with Crippen molar-refractivity contribution >= 4 is 12.7 Å². The number of nitrogens with zero attached hydrogens (tertiary/aromatic N) is 1. The Morgan fingerprint density at radius 2 is 1.84 bits per heavy atom. The van der Waals surface area contributed by atoms with Crippen molar-refractivity contribution in [1.82, 2.24) is 0 Å². The summed E-state index contributed by atoms with van der Waals surface area (Å²) in [5.41, 5.74) is 3.64. The summed E-state index contributed by atoms with van der Waals surface area (Å²) in [5, 5.41) is 7.62. The van der Waals surface area contributed by atoms with Gasteiger partial charge in [-0.1, -0.05) is 0 Å². The van der Waals surface area contributed by atoms with E-state index in [0.717, 1.165) is 12.1 Å². The lowest BCUT2D eigenvalue weighted by Crippen LogP contribution is -2.57. The van der Waals surface area contributed by atoms with Crippen molar-refractivity contribution in [2.45, 2.75) is 37.9 Å². The Kier molecular flexibility index (Phi) is 4.86. The van der Waals surface area contributed by atoms with Crippen LogP contribution in [0.4, 0.5) is 4.39 Å². The minimum absolute atomic E-state index is 0.0444. The van der Waals surface area contributed by atoms with Crippen molar-refractivity contribution in [2.24, 2.45) is 0 Å². The van der Waals surface area contributed by atoms with Crippen LogP contribution in [0.3, 0.4) is 0 Å². The number of quaternary nitrogens is 1. The normalized spacial score (nSPS) is 18.8. The predicted octanol–water partition coefficient (Wildman–Crippen LogP) is 0.782. The molecule has 1 fully saturated rings. The van der Waals surface area contributed by atoms with Gasteiger partial charge in [-0.3, -0.25) is 0 Å². The van der Waals surface area contributed by atoms with Crippen molar-refractivity contribution in [3.05, 3.63) is 30.1 Å². The third kappa shape index (κ3) is 3.63. The van der Waals surface area contributed by atoms with Gasteiger partial charge in [-0.2, -0.15) is 5.26 Å². The molecule has 0 bridgehead atoms. The van der Waals surface area contributed by atoms with Crippen LogP contribution < -0.4 is 15.9 Å². The molecule has 1 atom stereocenters. The molecule has 0 aliphatic heterocycles. The standard InChI is InChI=1S/C10H9FNO2P.C3H9N/c11-8-1-3-9(4-2-8)15(13,14)10(7-12)5-6-10;1-3(2)4/h1-4H,5-6H2,(H,13,14);3H,4H2,1-2H3. The predicted molar refractivity (Wildman–Crippen MR) is 69.2 cm³/mol. The largest absolute Gasteiger partial charge is 0.795 e. The Labute approximate surface area is 112 Å². The molecule has 104 valence electrons. The highest BCUT2D eigenvalue weighted by Crippen LogP contribution is 2.63. The van der Waals surface area contributed by atoms with Crippen LogP contribution in [0.15, 0.2) is 24.3 Å². The molecule has 1 aromatic rings. The lowest BCUT2D eigenvalue weighted by Gasteiger charge is -2.28. The molecule has 1 unspecified atom stereocenters. The lowest BCUT2D eigenvalue weighted by molar-refractivity contribution is -0.407. The van der Waals surface area contributed by atoms with E-state index in [1.54, 1.807) is 0 Å². The number of hydrogen-bond acceptors (Lipinski definition) is 3. The fourth-order valence-electron chi connectivity index (χ4n) is 1.47. The smallest absolute Gasteiger partial charge is 0.123 e. The summed E-state index contributed by atoms with van der Waals surface area (Å²) in [6.45, 7) is 4.11. The van der Waals surface area contributed by atoms with Crippen LogP contribution in [0.5, 0.6) is 0 Å². The zero-order valence-electron chi connectivity index (χ0n) is 11.1. The number of halogens is 1. The van der Waals surface area contributed by atoms with Gasteiger partial charge in [0.2, 0.25) is 0 Å². The summed E-state index contributed by atoms with van der Waals surface area (Å²) >= 11 is 0. The molecule has 0 saturated heterocycles. The maximum absolute atomic E-state index is 12.6. The van der Waals surface area contributed by atoms with Gasteiger partial charge in [-0.25, -0.2) is 4.39 Å². The van der Waals surface area contributed by atoms with E-state index in [4.69, 9.17) is 5.26 Å². The molecule has 1 aliphatic carbocycles. The Balaban J connectivity index is 0.000000399. The van der Waals surface area contributed by atoms with Gasteiger partial charge in [0.15, 0.2) is 0 Å². The fourth-order valence-corrected chi connectivity index (χ4v) is 3.34. The summed E-state index contributed by atoms with van der Waals surface area (Å²) in [6.07, 6.45) is 0.753. The Morgan fingerprint density at radius 1 is 1.42 bits per heavy atom. The van der Waals surface area contributed by atoms with Crippen LogP contribution in [0.25, 0.3) is 0 Å². The molecule has 0 heterocycles. The van der Waals surface area contributed by atoms with Crippen LogP contribution in [0, 0.1) is 17.1 Å². The first kappa shape index (κ1) is 15.8. The zero-order valence-corrected chi connectivity index (χ0v) is 12.0. The summed E-state index contributed by atoms with van der Waals surface area (Å²) in [6, 6.07) is 7.02. The van der Waals surface area contributed by atoms with E-state index < -0.39 is 18.3 Å². The van der Waals surface area contributed by atoms with Gasteiger partial charge in [0.25, 0.3) is 0 Å². The minimum atomic E-state index is -3.93. The first-order valence-corrected chi connectivity index (χ1v) is 7.69. The van der Waals surface area contributed by atoms with Crippen LogP contribution in [0.1, 0.15) is 26.7 Å². The summed E-state index contributed by atoms with van der Waals surface area (Å²) in [7, 11) is -3.93. The van der Waals surface area contributed by atoms with Crippen molar-refractivity contribution in [1.29, 1.82) is 5.26 Å². The van der Waals surface area contributed by atoms with Crippen LogP contribution in [-0.4, -0.2) is 11.2 Å². The van der Waals surface area contributed by atoms with Crippen LogP contribution in [0.2, 0.25) is 0 Å². The quantitative estimate of drug-likeness (QED) is 0.813. The summed E-state index contributed by atoms with van der Waals surface area (Å²) < 4.78 is 24.6. The van der Waals surface area contributed by atoms with E-state index in [9.17, 15) is 13.8 Å². The fraction of sp³-hybridized carbons (Fsp3) is 0.462. The molecule has 1 aliphatic rings. The molecule has 0 spiro atoms. The highest BCUT2D eigenvalue weighted by Gasteiger charge is 2.52. The van der Waals surface area contributed by atoms with E-state index >= 15 is 0 Å². The number of nitriles is 1. The molecular weight excluding hydrogens is 266 g/mol. The van der Waals surface area contributed by atoms with Gasteiger partial charge in [0, 0.05) is 0 Å². The Hall–Kier alpha value is -1.21. The molecule has 3 N–H and O–H groups in total. The number of rotatable bonds is 2. The second-order valence-corrected chi connectivity index (χ2v) is 7.54. The van der Waals surface area contributed by atoms with Gasteiger partial charge < -0.3 is 15.2 Å². The highest BCUT2D eigenvalue weighted by atomic mass is 31.2. The van der Waals surface area contributed by atoms with Crippen LogP contribution >= 0.6 is 7.37 Å². The Morgan fingerprint density at radius 3 is 2.16 bits per heavy atom. The van der Waals surface area contributed by atoms with Crippen molar-refractivity contribution in [2.75, 3.05) is 0 Å². The molecule has 4 nitrogen and oxygen atoms in total. The maximum atomic E-state index is 12.6. The highest BCUT2D eigenvalue weighted by molar-refractivity contribution is 7.67. The summed E-state index contributed by atoms with van der Waals surface area (Å²) in [5.74, 6) is -0.486. The average Bonchev–Trinajstić information content (AvgIpc) is 3.10. The van der Waals surface area contributed by atoms with E-state index in [-0.39, 0.29) is 5.30 Å². The van der Waals surface area contributed by atoms with Crippen molar-refractivity contribution < 1.29 is 19.6 Å². The van der Waals surface area contributed by atoms with E-state index in [1.807, 2.05) is 6.07 Å². The molecule has 1 aromatic carbocycles. The second kappa shape index (κ2) is 5.83. The van der Waals surface area contributed by atoms with E-state index in [1.165, 1.54) is 12.1 Å². The minimum Gasteiger partial charge on any atom is -0.795 e. The number of hydrogen-bond donors (Lipinski definition) is 1. The Bertz CT molecular complexity index is 516. The van der Waals surface area contributed by atoms with Gasteiger partial charge in [0.1, 0.15) is 11.0 Å². The topological polar surface area (TPSA) is 91.6 Å². The first-order chi connectivity index (χ1) is 8.75. The molecular formula is C13H18FN2O2P. The van der Waals surface area contributed by atoms with E-state index in [0.29, 0.717) is 18.9 Å². The average molecular weight is 284 g/mol. The van der Waals surface area contributed by atoms with Crippen LogP contribution in [-0.2, 0) is 4.57 Å². The van der Waals surface area contributed by atoms with Gasteiger partial charge in [-0.05, 0) is 56.3 Å². The third-order valence-corrected chi connectivity index (χ3v) is 5.31. The first-order valence-electron chi connectivity index (χ1n) is 6.07. The lowest BCUT2D eigenvalue weighted by atomic mass is 10.3. The molecule has 0 aromatic heterocycles. The second-order valence-electron chi connectivity index (χ2n) is 5.07. The third-order valence-electron chi connectivity index (χ3n) is 2.66. The molecule has 1 saturated carbocycles. The van der Waals surface area contributed by atoms with E-state index in [2.05, 4.69) is 19.6 Å². The van der Waals surface area contributed by atoms with Gasteiger partial charge in [0.05, 0.1) is 19.5 Å². The van der Waals surface area contributed by atoms with Gasteiger partial charge >= 0.3 is 0 Å². The zero-order chi connectivity index (χ0) is 14.7. The van der Waals surface area contributed by atoms with Crippen molar-refractivity contribution in [3.63, 3.8) is 0 Å². The molecule has 2 rings (SSSR count). The molecule has 6 heteroatoms. The molecule has 19 heavy (non-hydrogen) atoms. The van der Waals surface area contributed by atoms with Gasteiger partial charge in [-0.15, -0.1) is 0 Å². The van der Waals surface area contributed by atoms with Crippen molar-refractivity contribution in [3.8, 4) is 6.07 Å².